The number of hydrogen-bond acceptors (Lipinski definition) is 5. The summed E-state index contributed by atoms with van der Waals surface area (Å²) in [6.07, 6.45) is 0.981. The van der Waals surface area contributed by atoms with E-state index in [0.29, 0.717) is 25.9 Å². The van der Waals surface area contributed by atoms with Crippen molar-refractivity contribution in [3.8, 4) is 5.75 Å². The maximum atomic E-state index is 12.1. The van der Waals surface area contributed by atoms with Crippen molar-refractivity contribution in [1.82, 2.24) is 10.2 Å². The smallest absolute Gasteiger partial charge is 0.325 e. The van der Waals surface area contributed by atoms with Gasteiger partial charge in [0.1, 0.15) is 12.4 Å². The number of ether oxygens (including phenoxy) is 1. The molecule has 0 bridgehead atoms. The Morgan fingerprint density at radius 3 is 2.59 bits per heavy atom. The maximum Gasteiger partial charge on any atom is 0.325 e. The van der Waals surface area contributed by atoms with E-state index in [4.69, 9.17) is 27.9 Å². The molecule has 2 aromatic carbocycles. The van der Waals surface area contributed by atoms with Crippen LogP contribution in [-0.4, -0.2) is 16.2 Å². The fourth-order valence-electron chi connectivity index (χ4n) is 2.17. The van der Waals surface area contributed by atoms with Crippen LogP contribution in [0.5, 0.6) is 5.75 Å². The van der Waals surface area contributed by atoms with Gasteiger partial charge in [-0.25, -0.2) is 4.79 Å². The molecule has 2 N–H and O–H groups in total. The van der Waals surface area contributed by atoms with Crippen molar-refractivity contribution in [1.29, 1.82) is 0 Å². The Morgan fingerprint density at radius 1 is 1.11 bits per heavy atom. The molecule has 1 aromatic heterocycles. The van der Waals surface area contributed by atoms with E-state index in [1.54, 1.807) is 18.2 Å². The molecule has 0 atom stereocenters. The topological polar surface area (TPSA) is 76.1 Å². The molecule has 0 aliphatic carbocycles. The Hall–Kier alpha value is -2.35. The third kappa shape index (κ3) is 5.56. The predicted octanol–water partition coefficient (Wildman–Crippen LogP) is 5.63. The van der Waals surface area contributed by atoms with Gasteiger partial charge in [-0.3, -0.25) is 5.32 Å². The number of rotatable bonds is 6. The molecule has 1 heterocycles. The highest BCUT2D eigenvalue weighted by Crippen LogP contribution is 2.26. The largest absolute Gasteiger partial charge is 0.486 e. The van der Waals surface area contributed by atoms with Crippen LogP contribution in [0.2, 0.25) is 10.0 Å². The van der Waals surface area contributed by atoms with Crippen molar-refractivity contribution in [3.63, 3.8) is 0 Å². The van der Waals surface area contributed by atoms with Gasteiger partial charge in [0.2, 0.25) is 5.13 Å². The van der Waals surface area contributed by atoms with Crippen LogP contribution in [0.4, 0.5) is 15.6 Å². The van der Waals surface area contributed by atoms with Crippen molar-refractivity contribution < 1.29 is 9.53 Å². The summed E-state index contributed by atoms with van der Waals surface area (Å²) in [5.74, 6) is 0.757. The second-order valence-electron chi connectivity index (χ2n) is 5.49. The molecule has 0 aliphatic heterocycles. The van der Waals surface area contributed by atoms with E-state index < -0.39 is 6.03 Å². The highest BCUT2D eigenvalue weighted by molar-refractivity contribution is 7.15. The highest BCUT2D eigenvalue weighted by atomic mass is 35.5. The molecule has 3 aromatic rings. The van der Waals surface area contributed by atoms with Gasteiger partial charge in [-0.2, -0.15) is 0 Å². The van der Waals surface area contributed by atoms with Crippen molar-refractivity contribution in [3.05, 3.63) is 63.1 Å². The van der Waals surface area contributed by atoms with Gasteiger partial charge in [-0.15, -0.1) is 10.2 Å². The number of carbonyl (C=O) groups is 1. The zero-order valence-corrected chi connectivity index (χ0v) is 16.7. The van der Waals surface area contributed by atoms with Crippen LogP contribution in [0, 0.1) is 0 Å². The number of nitrogens with zero attached hydrogens (tertiary/aromatic N) is 2. The first-order valence-corrected chi connectivity index (χ1v) is 9.68. The second kappa shape index (κ2) is 9.03. The van der Waals surface area contributed by atoms with Crippen LogP contribution < -0.4 is 15.4 Å². The second-order valence-corrected chi connectivity index (χ2v) is 7.40. The van der Waals surface area contributed by atoms with Gasteiger partial charge >= 0.3 is 6.03 Å². The molecule has 27 heavy (non-hydrogen) atoms. The number of aromatic nitrogens is 2. The molecule has 140 valence electrons. The fourth-order valence-corrected chi connectivity index (χ4v) is 3.27. The van der Waals surface area contributed by atoms with E-state index in [2.05, 4.69) is 27.8 Å². The minimum absolute atomic E-state index is 0.273. The van der Waals surface area contributed by atoms with Gasteiger partial charge in [0.15, 0.2) is 5.01 Å². The molecule has 6 nitrogen and oxygen atoms in total. The van der Waals surface area contributed by atoms with E-state index in [9.17, 15) is 4.79 Å². The lowest BCUT2D eigenvalue weighted by Crippen LogP contribution is -2.19. The average Bonchev–Trinajstić information content (AvgIpc) is 3.10. The number of nitrogens with one attached hydrogen (secondary N) is 2. The summed E-state index contributed by atoms with van der Waals surface area (Å²) >= 11 is 13.1. The number of hydrogen-bond donors (Lipinski definition) is 2. The van der Waals surface area contributed by atoms with Crippen molar-refractivity contribution in [2.75, 3.05) is 10.6 Å². The number of anilines is 2. The van der Waals surface area contributed by atoms with Crippen LogP contribution in [0.25, 0.3) is 0 Å². The Morgan fingerprint density at radius 2 is 1.89 bits per heavy atom. The molecule has 0 spiro atoms. The molecular formula is C18H16Cl2N4O2S. The molecule has 0 unspecified atom stereocenters. The number of aryl methyl sites for hydroxylation is 1. The Labute approximate surface area is 170 Å². The summed E-state index contributed by atoms with van der Waals surface area (Å²) in [7, 11) is 0. The van der Waals surface area contributed by atoms with Gasteiger partial charge in [0.05, 0.1) is 10.7 Å². The van der Waals surface area contributed by atoms with Gasteiger partial charge in [0, 0.05) is 5.02 Å². The molecule has 0 aliphatic rings. The van der Waals surface area contributed by atoms with Crippen molar-refractivity contribution in [2.45, 2.75) is 20.0 Å². The number of carbonyl (C=O) groups excluding carboxylic acids is 1. The number of amides is 2. The average molecular weight is 423 g/mol. The summed E-state index contributed by atoms with van der Waals surface area (Å²) in [6, 6.07) is 12.2. The molecule has 0 saturated carbocycles. The zero-order chi connectivity index (χ0) is 19.2. The van der Waals surface area contributed by atoms with E-state index in [1.807, 2.05) is 24.3 Å². The number of halogens is 2. The van der Waals surface area contributed by atoms with Gasteiger partial charge in [0.25, 0.3) is 0 Å². The number of benzene rings is 2. The molecule has 3 rings (SSSR count). The lowest BCUT2D eigenvalue weighted by Gasteiger charge is -2.07. The molecule has 2 amide bonds. The number of urea groups is 1. The van der Waals surface area contributed by atoms with Crippen LogP contribution in [0.3, 0.4) is 0 Å². The minimum Gasteiger partial charge on any atom is -0.486 e. The maximum absolute atomic E-state index is 12.1. The predicted molar refractivity (Wildman–Crippen MR) is 109 cm³/mol. The van der Waals surface area contributed by atoms with E-state index >= 15 is 0 Å². The molecule has 0 saturated heterocycles. The first-order chi connectivity index (χ1) is 13.0. The van der Waals surface area contributed by atoms with Crippen molar-refractivity contribution in [2.24, 2.45) is 0 Å². The van der Waals surface area contributed by atoms with Crippen molar-refractivity contribution >= 4 is 51.4 Å². The lowest BCUT2D eigenvalue weighted by atomic mass is 10.2. The Bertz CT molecular complexity index is 931. The third-order valence-electron chi connectivity index (χ3n) is 3.56. The molecular weight excluding hydrogens is 407 g/mol. The Balaban J connectivity index is 1.53. The zero-order valence-electron chi connectivity index (χ0n) is 14.3. The standard InChI is InChI=1S/C18H16Cl2N4O2S/c1-2-11-3-6-13(7-4-11)26-10-16-23-24-18(27-16)22-17(25)21-15-8-5-12(19)9-14(15)20/h3-9H,2,10H2,1H3,(H2,21,22,24,25). The first kappa shape index (κ1) is 19.4. The summed E-state index contributed by atoms with van der Waals surface area (Å²) in [5.41, 5.74) is 1.69. The third-order valence-corrected chi connectivity index (χ3v) is 4.92. The highest BCUT2D eigenvalue weighted by Gasteiger charge is 2.10. The van der Waals surface area contributed by atoms with Gasteiger partial charge < -0.3 is 10.1 Å². The van der Waals surface area contributed by atoms with Crippen LogP contribution in [-0.2, 0) is 13.0 Å². The summed E-state index contributed by atoms with van der Waals surface area (Å²) in [6.45, 7) is 2.37. The van der Waals surface area contributed by atoms with E-state index in [1.165, 1.54) is 16.9 Å². The fraction of sp³-hybridized carbons (Fsp3) is 0.167. The molecule has 0 radical (unpaired) electrons. The SMILES string of the molecule is CCc1ccc(OCc2nnc(NC(=O)Nc3ccc(Cl)cc3Cl)s2)cc1. The summed E-state index contributed by atoms with van der Waals surface area (Å²) in [4.78, 5) is 12.1. The van der Waals surface area contributed by atoms with Crippen LogP contribution in [0.1, 0.15) is 17.5 Å². The first-order valence-electron chi connectivity index (χ1n) is 8.10. The monoisotopic (exact) mass is 422 g/mol. The molecule has 0 fully saturated rings. The quantitative estimate of drug-likeness (QED) is 0.539. The minimum atomic E-state index is -0.474. The van der Waals surface area contributed by atoms with Crippen LogP contribution in [0.15, 0.2) is 42.5 Å². The summed E-state index contributed by atoms with van der Waals surface area (Å²) < 4.78 is 5.68. The van der Waals surface area contributed by atoms with Crippen LogP contribution >= 0.6 is 34.5 Å². The van der Waals surface area contributed by atoms with Gasteiger partial charge in [-0.05, 0) is 42.3 Å². The lowest BCUT2D eigenvalue weighted by molar-refractivity contribution is 0.262. The molecule has 9 heteroatoms. The summed E-state index contributed by atoms with van der Waals surface area (Å²) in [5, 5.41) is 15.0. The van der Waals surface area contributed by atoms with Gasteiger partial charge in [-0.1, -0.05) is 53.6 Å². The van der Waals surface area contributed by atoms with E-state index in [0.717, 1.165) is 12.2 Å². The van der Waals surface area contributed by atoms with E-state index in [-0.39, 0.29) is 6.61 Å². The Kier molecular flexibility index (Phi) is 6.49. The normalized spacial score (nSPS) is 10.5.